The Morgan fingerprint density at radius 1 is 1.26 bits per heavy atom. The summed E-state index contributed by atoms with van der Waals surface area (Å²) in [6, 6.07) is 4.22. The number of hydrogen-bond donors (Lipinski definition) is 1. The molecule has 19 heavy (non-hydrogen) atoms. The quantitative estimate of drug-likeness (QED) is 0.855. The minimum absolute atomic E-state index is 0.831. The number of nitrogens with one attached hydrogen (secondary N) is 1. The Kier molecular flexibility index (Phi) is 5.46. The van der Waals surface area contributed by atoms with Crippen LogP contribution in [-0.2, 0) is 13.1 Å². The lowest BCUT2D eigenvalue weighted by Crippen LogP contribution is -2.34. The highest BCUT2D eigenvalue weighted by Gasteiger charge is 2.22. The number of furan rings is 1. The Balaban J connectivity index is 1.77. The summed E-state index contributed by atoms with van der Waals surface area (Å²) in [7, 11) is 0. The normalized spacial score (nSPS) is 18.3. The fraction of sp³-hybridized carbons (Fsp3) is 0.750. The fourth-order valence-corrected chi connectivity index (χ4v) is 2.85. The molecule has 1 aliphatic rings. The molecule has 0 spiro atoms. The molecule has 0 bridgehead atoms. The van der Waals surface area contributed by atoms with E-state index >= 15 is 0 Å². The lowest BCUT2D eigenvalue weighted by molar-refractivity contribution is 0.143. The summed E-state index contributed by atoms with van der Waals surface area (Å²) in [5.41, 5.74) is 0. The van der Waals surface area contributed by atoms with Gasteiger partial charge in [0.2, 0.25) is 0 Å². The molecule has 3 nitrogen and oxygen atoms in total. The van der Waals surface area contributed by atoms with Crippen LogP contribution < -0.4 is 5.32 Å². The van der Waals surface area contributed by atoms with Gasteiger partial charge in [0.15, 0.2) is 0 Å². The largest absolute Gasteiger partial charge is 0.463 e. The molecule has 2 heterocycles. The predicted octanol–water partition coefficient (Wildman–Crippen LogP) is 3.26. The van der Waals surface area contributed by atoms with Gasteiger partial charge in [0.25, 0.3) is 0 Å². The van der Waals surface area contributed by atoms with E-state index in [1.807, 2.05) is 0 Å². The van der Waals surface area contributed by atoms with E-state index in [4.69, 9.17) is 4.42 Å². The van der Waals surface area contributed by atoms with Gasteiger partial charge >= 0.3 is 0 Å². The van der Waals surface area contributed by atoms with Crippen LogP contribution in [0.15, 0.2) is 16.5 Å². The highest BCUT2D eigenvalue weighted by atomic mass is 16.3. The van der Waals surface area contributed by atoms with Crippen molar-refractivity contribution in [1.82, 2.24) is 10.2 Å². The summed E-state index contributed by atoms with van der Waals surface area (Å²) in [4.78, 5) is 2.52. The van der Waals surface area contributed by atoms with Crippen LogP contribution >= 0.6 is 0 Å². The summed E-state index contributed by atoms with van der Waals surface area (Å²) in [5, 5.41) is 3.29. The molecule has 0 unspecified atom stereocenters. The van der Waals surface area contributed by atoms with Crippen molar-refractivity contribution in [1.29, 1.82) is 0 Å². The lowest BCUT2D eigenvalue weighted by atomic mass is 9.87. The lowest BCUT2D eigenvalue weighted by Gasteiger charge is -2.33. The zero-order valence-electron chi connectivity index (χ0n) is 12.6. The number of hydrogen-bond acceptors (Lipinski definition) is 3. The molecule has 3 heteroatoms. The third-order valence-electron chi connectivity index (χ3n) is 4.22. The van der Waals surface area contributed by atoms with Gasteiger partial charge in [0.05, 0.1) is 13.1 Å². The molecule has 0 radical (unpaired) electrons. The minimum Gasteiger partial charge on any atom is -0.463 e. The van der Waals surface area contributed by atoms with E-state index in [9.17, 15) is 0 Å². The van der Waals surface area contributed by atoms with E-state index in [1.54, 1.807) is 0 Å². The van der Waals surface area contributed by atoms with E-state index in [-0.39, 0.29) is 0 Å². The summed E-state index contributed by atoms with van der Waals surface area (Å²) in [5.74, 6) is 3.90. The Bertz CT molecular complexity index is 365. The Hall–Kier alpha value is -0.800. The van der Waals surface area contributed by atoms with Crippen LogP contribution in [0.5, 0.6) is 0 Å². The summed E-state index contributed by atoms with van der Waals surface area (Å²) >= 11 is 0. The van der Waals surface area contributed by atoms with Gasteiger partial charge in [-0.1, -0.05) is 20.8 Å². The first-order valence-electron chi connectivity index (χ1n) is 7.69. The zero-order valence-corrected chi connectivity index (χ0v) is 12.6. The third-order valence-corrected chi connectivity index (χ3v) is 4.22. The first-order chi connectivity index (χ1) is 9.19. The smallest absolute Gasteiger partial charge is 0.118 e. The summed E-state index contributed by atoms with van der Waals surface area (Å²) in [6.45, 7) is 12.0. The Morgan fingerprint density at radius 3 is 2.58 bits per heavy atom. The predicted molar refractivity (Wildman–Crippen MR) is 78.9 cm³/mol. The molecular formula is C16H28N2O. The van der Waals surface area contributed by atoms with Crippen LogP contribution in [0.4, 0.5) is 0 Å². The van der Waals surface area contributed by atoms with Gasteiger partial charge in [-0.3, -0.25) is 4.90 Å². The Labute approximate surface area is 117 Å². The van der Waals surface area contributed by atoms with Gasteiger partial charge in [0, 0.05) is 0 Å². The first kappa shape index (κ1) is 14.6. The fourth-order valence-electron chi connectivity index (χ4n) is 2.85. The van der Waals surface area contributed by atoms with E-state index in [1.165, 1.54) is 25.9 Å². The maximum atomic E-state index is 5.86. The summed E-state index contributed by atoms with van der Waals surface area (Å²) in [6.07, 6.45) is 2.67. The summed E-state index contributed by atoms with van der Waals surface area (Å²) < 4.78 is 5.86. The average Bonchev–Trinajstić information content (AvgIpc) is 2.84. The van der Waals surface area contributed by atoms with Gasteiger partial charge in [-0.25, -0.2) is 0 Å². The van der Waals surface area contributed by atoms with Gasteiger partial charge in [-0.15, -0.1) is 0 Å². The van der Waals surface area contributed by atoms with E-state index in [0.717, 1.165) is 43.0 Å². The van der Waals surface area contributed by atoms with Crippen LogP contribution in [-0.4, -0.2) is 24.5 Å². The van der Waals surface area contributed by atoms with Crippen LogP contribution in [0.1, 0.15) is 45.1 Å². The molecule has 108 valence electrons. The van der Waals surface area contributed by atoms with Crippen molar-refractivity contribution < 1.29 is 4.42 Å². The topological polar surface area (TPSA) is 28.4 Å². The molecule has 1 saturated heterocycles. The minimum atomic E-state index is 0.831. The average molecular weight is 264 g/mol. The number of rotatable bonds is 6. The maximum absolute atomic E-state index is 5.86. The van der Waals surface area contributed by atoms with Crippen molar-refractivity contribution in [2.45, 2.75) is 46.7 Å². The zero-order chi connectivity index (χ0) is 13.7. The SMILES string of the molecule is CCNCc1ccc(CN2CCC(C(C)C)CC2)o1. The van der Waals surface area contributed by atoms with Crippen LogP contribution in [0.2, 0.25) is 0 Å². The van der Waals surface area contributed by atoms with Crippen LogP contribution in [0.25, 0.3) is 0 Å². The third kappa shape index (κ3) is 4.36. The van der Waals surface area contributed by atoms with Crippen molar-refractivity contribution >= 4 is 0 Å². The molecule has 1 aliphatic heterocycles. The molecule has 0 amide bonds. The van der Waals surface area contributed by atoms with Gasteiger partial charge < -0.3 is 9.73 Å². The molecular weight excluding hydrogens is 236 g/mol. The van der Waals surface area contributed by atoms with E-state index in [0.29, 0.717) is 0 Å². The second kappa shape index (κ2) is 7.11. The number of piperidine rings is 1. The van der Waals surface area contributed by atoms with Gasteiger partial charge in [-0.2, -0.15) is 0 Å². The highest BCUT2D eigenvalue weighted by molar-refractivity contribution is 5.07. The molecule has 1 fully saturated rings. The first-order valence-corrected chi connectivity index (χ1v) is 7.69. The number of likely N-dealkylation sites (tertiary alicyclic amines) is 1. The van der Waals surface area contributed by atoms with Gasteiger partial charge in [-0.05, 0) is 56.4 Å². The molecule has 1 aromatic rings. The number of nitrogens with zero attached hydrogens (tertiary/aromatic N) is 1. The molecule has 0 aliphatic carbocycles. The molecule has 2 rings (SSSR count). The van der Waals surface area contributed by atoms with Gasteiger partial charge in [0.1, 0.15) is 11.5 Å². The molecule has 0 atom stereocenters. The van der Waals surface area contributed by atoms with E-state index < -0.39 is 0 Å². The van der Waals surface area contributed by atoms with Crippen molar-refractivity contribution in [3.05, 3.63) is 23.7 Å². The highest BCUT2D eigenvalue weighted by Crippen LogP contribution is 2.25. The second-order valence-electron chi connectivity index (χ2n) is 6.01. The monoisotopic (exact) mass is 264 g/mol. The van der Waals surface area contributed by atoms with Crippen molar-refractivity contribution in [3.63, 3.8) is 0 Å². The maximum Gasteiger partial charge on any atom is 0.118 e. The van der Waals surface area contributed by atoms with Crippen LogP contribution in [0, 0.1) is 11.8 Å². The molecule has 0 aromatic carbocycles. The Morgan fingerprint density at radius 2 is 1.95 bits per heavy atom. The van der Waals surface area contributed by atoms with Crippen molar-refractivity contribution in [3.8, 4) is 0 Å². The molecule has 1 aromatic heterocycles. The molecule has 1 N–H and O–H groups in total. The second-order valence-corrected chi connectivity index (χ2v) is 6.01. The standard InChI is InChI=1S/C16H28N2O/c1-4-17-11-15-5-6-16(19-15)12-18-9-7-14(8-10-18)13(2)3/h5-6,13-14,17H,4,7-12H2,1-3H3. The molecule has 0 saturated carbocycles. The van der Waals surface area contributed by atoms with Crippen molar-refractivity contribution in [2.75, 3.05) is 19.6 Å². The van der Waals surface area contributed by atoms with Crippen LogP contribution in [0.3, 0.4) is 0 Å². The van der Waals surface area contributed by atoms with Crippen molar-refractivity contribution in [2.24, 2.45) is 11.8 Å². The van der Waals surface area contributed by atoms with E-state index in [2.05, 4.69) is 43.1 Å².